The molecule has 6 aliphatic carbocycles. The summed E-state index contributed by atoms with van der Waals surface area (Å²) in [7, 11) is 0. The van der Waals surface area contributed by atoms with Crippen molar-refractivity contribution in [3.8, 4) is 23.0 Å². The number of aliphatic imine (C=N–C) groups is 1. The Labute approximate surface area is 547 Å². The van der Waals surface area contributed by atoms with Crippen LogP contribution in [-0.2, 0) is 65.3 Å². The lowest BCUT2D eigenvalue weighted by Gasteiger charge is -2.62. The van der Waals surface area contributed by atoms with Gasteiger partial charge in [0.15, 0.2) is 41.2 Å². The number of ether oxygens (including phenoxy) is 2. The number of carbonyl (C=O) groups excluding carboxylic acids is 6. The van der Waals surface area contributed by atoms with E-state index >= 15 is 0 Å². The summed E-state index contributed by atoms with van der Waals surface area (Å²) >= 11 is 0. The maximum absolute atomic E-state index is 13.3. The standard InChI is InChI=1S/C70H81N13O12/c71-66(78-40-13-14-45-42(27-40)44-29-70(93)50-26-38-11-15-47(84)62-57(38)67(70,64(94-62)60(44)80-45)19-23-83(50)35-37-9-10-37)73-22-3-1-2-21-72-53(88)30-76-54(89)31-74-51(86)17-18-52(87)75-32-55(90)77-33-56(91)79-46-6-4-5-41-43-28-69(92)49-25-39-12-16-48(85)63-58(39)68(69,20-24-82(49)34-36-7-8-36)65(95-63)61(43)81-59(41)46/h4-6,11-16,27,36-37,49-50,64-65,80-81,84-85,92-93H,1-3,7-10,17-26,28-35H2,(H,72,88)(H,74,86)(H,75,87)(H,76,89)(H,77,90)(H,79,91)(H3,71,73,78)/t49-,50-,64+,65+,67+,68+,69-,70-/m1/s1. The molecule has 95 heavy (non-hydrogen) atoms. The third-order valence-corrected chi connectivity index (χ3v) is 22.7. The highest BCUT2D eigenvalue weighted by Crippen LogP contribution is 2.71. The molecular weight excluding hydrogens is 1210 g/mol. The summed E-state index contributed by atoms with van der Waals surface area (Å²) in [6, 6.07) is 18.7. The number of nitrogens with two attached hydrogens (primary N) is 1. The van der Waals surface area contributed by atoms with Crippen molar-refractivity contribution in [3.63, 3.8) is 0 Å². The highest BCUT2D eigenvalue weighted by molar-refractivity contribution is 6.04. The number of aromatic hydroxyl groups is 2. The number of guanidine groups is 1. The molecule has 25 nitrogen and oxygen atoms in total. The molecule has 4 bridgehead atoms. The molecule has 10 aliphatic rings. The number of hydrogen-bond acceptors (Lipinski definition) is 15. The second-order valence-corrected chi connectivity index (χ2v) is 28.3. The van der Waals surface area contributed by atoms with Gasteiger partial charge in [0.25, 0.3) is 0 Å². The first kappa shape index (κ1) is 61.0. The van der Waals surface area contributed by atoms with Crippen molar-refractivity contribution >= 4 is 74.6 Å². The first-order chi connectivity index (χ1) is 45.9. The summed E-state index contributed by atoms with van der Waals surface area (Å²) in [5.74, 6) is -0.653. The average Bonchev–Trinajstić information content (AvgIpc) is 1.49. The average molecular weight is 1300 g/mol. The fraction of sp³-hybridized carbons (Fsp3) is 0.500. The smallest absolute Gasteiger partial charge is 0.243 e. The van der Waals surface area contributed by atoms with Gasteiger partial charge in [0.2, 0.25) is 35.4 Å². The zero-order valence-electron chi connectivity index (χ0n) is 52.9. The first-order valence-corrected chi connectivity index (χ1v) is 33.9. The maximum atomic E-state index is 13.3. The molecule has 4 fully saturated rings. The zero-order valence-corrected chi connectivity index (χ0v) is 52.9. The van der Waals surface area contributed by atoms with Crippen LogP contribution in [0.5, 0.6) is 23.0 Å². The number of carbonyl (C=O) groups is 6. The molecule has 16 rings (SSSR count). The second kappa shape index (κ2) is 23.2. The van der Waals surface area contributed by atoms with Crippen molar-refractivity contribution in [2.75, 3.05) is 76.1 Å². The minimum absolute atomic E-state index is 0.0502. The number of aromatic amines is 2. The number of fused-ring (bicyclic) bond motifs is 8. The lowest BCUT2D eigenvalue weighted by atomic mass is 9.49. The minimum Gasteiger partial charge on any atom is -0.504 e. The summed E-state index contributed by atoms with van der Waals surface area (Å²) in [6.45, 7) is 2.90. The van der Waals surface area contributed by atoms with E-state index in [0.717, 1.165) is 106 Å². The fourth-order valence-electron chi connectivity index (χ4n) is 18.0. The van der Waals surface area contributed by atoms with Gasteiger partial charge >= 0.3 is 0 Å². The van der Waals surface area contributed by atoms with E-state index < -0.39 is 89.3 Å². The number of amides is 6. The van der Waals surface area contributed by atoms with Crippen LogP contribution in [0.25, 0.3) is 21.8 Å². The molecule has 0 radical (unpaired) electrons. The maximum Gasteiger partial charge on any atom is 0.243 e. The van der Waals surface area contributed by atoms with E-state index in [1.807, 2.05) is 42.5 Å². The van der Waals surface area contributed by atoms with Crippen molar-refractivity contribution in [2.24, 2.45) is 22.6 Å². The lowest BCUT2D eigenvalue weighted by Crippen LogP contribution is -2.74. The van der Waals surface area contributed by atoms with Gasteiger partial charge in [0, 0.05) is 97.0 Å². The van der Waals surface area contributed by atoms with E-state index in [-0.39, 0.29) is 48.9 Å². The molecule has 25 heteroatoms. The van der Waals surface area contributed by atoms with Crippen LogP contribution < -0.4 is 52.4 Å². The fourth-order valence-corrected chi connectivity index (χ4v) is 18.0. The number of rotatable bonds is 23. The Kier molecular flexibility index (Phi) is 14.9. The number of hydrogen-bond donors (Lipinski definition) is 14. The normalized spacial score (nSPS) is 26.9. The molecule has 6 amide bonds. The quantitative estimate of drug-likeness (QED) is 0.0248. The van der Waals surface area contributed by atoms with Crippen molar-refractivity contribution in [1.82, 2.24) is 46.4 Å². The number of unbranched alkanes of at least 4 members (excludes halogenated alkanes) is 2. The molecule has 8 atom stereocenters. The topological polar surface area (TPSA) is 362 Å². The van der Waals surface area contributed by atoms with Gasteiger partial charge in [-0.05, 0) is 154 Å². The van der Waals surface area contributed by atoms with Gasteiger partial charge in [0.05, 0.1) is 70.8 Å². The molecule has 2 spiro atoms. The highest BCUT2D eigenvalue weighted by atomic mass is 16.5. The molecule has 6 aromatic rings. The van der Waals surface area contributed by atoms with Crippen LogP contribution in [0.4, 0.5) is 11.4 Å². The van der Waals surface area contributed by atoms with Crippen LogP contribution in [0.3, 0.4) is 0 Å². The number of aliphatic hydroxyl groups is 2. The number of benzene rings is 4. The molecule has 2 aromatic heterocycles. The van der Waals surface area contributed by atoms with E-state index in [4.69, 9.17) is 15.2 Å². The van der Waals surface area contributed by atoms with Gasteiger partial charge in [-0.1, -0.05) is 24.3 Å². The van der Waals surface area contributed by atoms with Gasteiger partial charge < -0.3 is 82.8 Å². The summed E-state index contributed by atoms with van der Waals surface area (Å²) in [6.07, 6.45) is 8.98. The third kappa shape index (κ3) is 10.1. The largest absolute Gasteiger partial charge is 0.504 e. The number of nitrogens with one attached hydrogen (secondary N) is 9. The highest BCUT2D eigenvalue weighted by Gasteiger charge is 2.75. The number of aromatic nitrogens is 2. The number of nitrogens with zero attached hydrogens (tertiary/aromatic N) is 3. The number of para-hydroxylation sites is 1. The molecule has 498 valence electrons. The summed E-state index contributed by atoms with van der Waals surface area (Å²) in [5, 5.41) is 69.2. The Morgan fingerprint density at radius 2 is 1.14 bits per heavy atom. The summed E-state index contributed by atoms with van der Waals surface area (Å²) < 4.78 is 13.5. The minimum atomic E-state index is -1.18. The van der Waals surface area contributed by atoms with Crippen LogP contribution in [0.15, 0.2) is 65.7 Å². The van der Waals surface area contributed by atoms with E-state index in [2.05, 4.69) is 62.0 Å². The zero-order chi connectivity index (χ0) is 65.3. The van der Waals surface area contributed by atoms with Crippen molar-refractivity contribution in [3.05, 3.63) is 105 Å². The molecular formula is C70H81N13O12. The lowest BCUT2D eigenvalue weighted by molar-refractivity contribution is -0.173. The van der Waals surface area contributed by atoms with Gasteiger partial charge in [-0.15, -0.1) is 0 Å². The number of likely N-dealkylation sites (tertiary alicyclic amines) is 2. The number of anilines is 2. The number of piperidine rings is 2. The molecule has 4 aliphatic heterocycles. The van der Waals surface area contributed by atoms with Crippen LogP contribution >= 0.6 is 0 Å². The van der Waals surface area contributed by atoms with E-state index in [1.165, 1.54) is 25.7 Å². The van der Waals surface area contributed by atoms with Crippen LogP contribution in [0, 0.1) is 11.8 Å². The third-order valence-electron chi connectivity index (χ3n) is 22.7. The summed E-state index contributed by atoms with van der Waals surface area (Å²) in [5.41, 5.74) is 13.2. The van der Waals surface area contributed by atoms with Gasteiger partial charge in [-0.25, -0.2) is 0 Å². The Morgan fingerprint density at radius 3 is 1.72 bits per heavy atom. The molecule has 4 aromatic carbocycles. The molecule has 0 unspecified atom stereocenters. The van der Waals surface area contributed by atoms with Crippen LogP contribution in [0.2, 0.25) is 0 Å². The van der Waals surface area contributed by atoms with Crippen LogP contribution in [0.1, 0.15) is 128 Å². The molecule has 6 heterocycles. The molecule has 2 saturated heterocycles. The Bertz CT molecular complexity index is 4230. The predicted molar refractivity (Wildman–Crippen MR) is 350 cm³/mol. The monoisotopic (exact) mass is 1300 g/mol. The van der Waals surface area contributed by atoms with Gasteiger partial charge in [-0.2, -0.15) is 0 Å². The molecule has 15 N–H and O–H groups in total. The van der Waals surface area contributed by atoms with Crippen molar-refractivity contribution in [2.45, 2.75) is 143 Å². The summed E-state index contributed by atoms with van der Waals surface area (Å²) in [4.78, 5) is 92.8. The number of phenols is 2. The van der Waals surface area contributed by atoms with Gasteiger partial charge in [-0.3, -0.25) is 43.6 Å². The Balaban J connectivity index is 0.432. The van der Waals surface area contributed by atoms with Crippen molar-refractivity contribution < 1.29 is 58.7 Å². The molecule has 2 saturated carbocycles. The number of H-pyrrole nitrogens is 2. The van der Waals surface area contributed by atoms with Crippen molar-refractivity contribution in [1.29, 1.82) is 0 Å². The van der Waals surface area contributed by atoms with E-state index in [0.29, 0.717) is 92.6 Å². The number of phenolic OH excluding ortho intramolecular Hbond substituents is 2. The predicted octanol–water partition coefficient (Wildman–Crippen LogP) is 3.36. The van der Waals surface area contributed by atoms with E-state index in [1.54, 1.807) is 18.2 Å². The van der Waals surface area contributed by atoms with Gasteiger partial charge in [0.1, 0.15) is 0 Å². The first-order valence-electron chi connectivity index (χ1n) is 33.9. The Hall–Kier alpha value is -8.91. The Morgan fingerprint density at radius 1 is 0.600 bits per heavy atom. The second-order valence-electron chi connectivity index (χ2n) is 28.3. The van der Waals surface area contributed by atoms with E-state index in [9.17, 15) is 49.2 Å². The van der Waals surface area contributed by atoms with Crippen LogP contribution in [-0.4, -0.2) is 170 Å². The SMILES string of the molecule is NC(=NCCCCCNC(=O)CNC(=O)CNC(=O)CCC(=O)NCC(=O)NCC(=O)Nc1cccc2c3c([nH]c12)[C@@H]1Oc2c(O)ccc4c2[C@@]12CCN(CC1CC1)[C@H](C4)[C@]2(O)C3)Nc1ccc2[nH]c3c(c2c1)C[C@@]1(O)[C@H]2Cc4ccc(O)c5c4[C@@]1(CCN2CC1CC1)[C@H]3O5.